The standard InChI is InChI=1S/C25H17Cl2N5O3S/c26-16-1-3-20(31-11-23(27)29-30-31)18(9-16)13-5-17-2-4-21(32(17)24(33)8-13)19-6-14(10-28-19)15-7-22(25(34)35)36-12-15/h1,3,5,7-12,21H,2,4,6H2,(H,34,35)/t21-/m0/s1. The molecule has 8 nitrogen and oxygen atoms in total. The van der Waals surface area contributed by atoms with E-state index in [2.05, 4.69) is 15.3 Å². The van der Waals surface area contributed by atoms with Gasteiger partial charge in [0.15, 0.2) is 5.15 Å². The maximum Gasteiger partial charge on any atom is 0.345 e. The number of hydrogen-bond acceptors (Lipinski definition) is 6. The van der Waals surface area contributed by atoms with Crippen LogP contribution in [0.2, 0.25) is 10.2 Å². The fourth-order valence-corrected chi connectivity index (χ4v) is 5.88. The molecular formula is C25H17Cl2N5O3S. The minimum atomic E-state index is -0.937. The molecule has 0 amide bonds. The van der Waals surface area contributed by atoms with Crippen molar-refractivity contribution in [3.8, 4) is 16.8 Å². The molecule has 0 bridgehead atoms. The Morgan fingerprint density at radius 1 is 1.14 bits per heavy atom. The maximum atomic E-state index is 13.4. The average molecular weight is 538 g/mol. The van der Waals surface area contributed by atoms with Crippen molar-refractivity contribution in [2.75, 3.05) is 0 Å². The van der Waals surface area contributed by atoms with E-state index in [1.165, 1.54) is 11.3 Å². The average Bonchev–Trinajstić information content (AvgIpc) is 3.63. The highest BCUT2D eigenvalue weighted by Crippen LogP contribution is 2.36. The molecule has 0 fully saturated rings. The third-order valence-corrected chi connectivity index (χ3v) is 7.77. The molecule has 6 rings (SSSR count). The second kappa shape index (κ2) is 8.85. The van der Waals surface area contributed by atoms with Gasteiger partial charge in [-0.3, -0.25) is 9.79 Å². The van der Waals surface area contributed by atoms with E-state index < -0.39 is 5.97 Å². The number of aromatic carboxylic acids is 1. The second-order valence-corrected chi connectivity index (χ2v) is 10.3. The lowest BCUT2D eigenvalue weighted by atomic mass is 10.0. The first-order chi connectivity index (χ1) is 17.4. The van der Waals surface area contributed by atoms with Gasteiger partial charge in [0.25, 0.3) is 5.56 Å². The maximum absolute atomic E-state index is 13.4. The number of pyridine rings is 1. The number of carboxylic acid groups (broad SMARTS) is 1. The van der Waals surface area contributed by atoms with Gasteiger partial charge < -0.3 is 9.67 Å². The molecule has 5 heterocycles. The van der Waals surface area contributed by atoms with Crippen LogP contribution >= 0.6 is 34.5 Å². The highest BCUT2D eigenvalue weighted by Gasteiger charge is 2.30. The monoisotopic (exact) mass is 537 g/mol. The van der Waals surface area contributed by atoms with Gasteiger partial charge in [-0.1, -0.05) is 28.4 Å². The third kappa shape index (κ3) is 3.99. The first-order valence-corrected chi connectivity index (χ1v) is 12.7. The van der Waals surface area contributed by atoms with E-state index >= 15 is 0 Å². The van der Waals surface area contributed by atoms with Crippen LogP contribution < -0.4 is 5.56 Å². The van der Waals surface area contributed by atoms with Crippen molar-refractivity contribution < 1.29 is 9.90 Å². The lowest BCUT2D eigenvalue weighted by molar-refractivity contribution is 0.0702. The Morgan fingerprint density at radius 2 is 2.00 bits per heavy atom. The minimum absolute atomic E-state index is 0.118. The predicted octanol–water partition coefficient (Wildman–Crippen LogP) is 5.54. The number of aliphatic imine (C=N–C) groups is 1. The number of carboxylic acids is 1. The summed E-state index contributed by atoms with van der Waals surface area (Å²) >= 11 is 13.5. The van der Waals surface area contributed by atoms with Gasteiger partial charge in [0.05, 0.1) is 17.9 Å². The van der Waals surface area contributed by atoms with Gasteiger partial charge in [0.1, 0.15) is 4.88 Å². The fraction of sp³-hybridized carbons (Fsp3) is 0.160. The zero-order valence-electron chi connectivity index (χ0n) is 18.6. The Labute approximate surface area is 218 Å². The van der Waals surface area contributed by atoms with E-state index in [0.717, 1.165) is 46.5 Å². The fourth-order valence-electron chi connectivity index (χ4n) is 4.81. The van der Waals surface area contributed by atoms with Crippen LogP contribution in [0.25, 0.3) is 22.4 Å². The van der Waals surface area contributed by atoms with E-state index in [4.69, 9.17) is 23.2 Å². The summed E-state index contributed by atoms with van der Waals surface area (Å²) in [7, 11) is 0. The number of hydrogen-bond donors (Lipinski definition) is 1. The van der Waals surface area contributed by atoms with E-state index in [0.29, 0.717) is 22.0 Å². The molecule has 0 aliphatic carbocycles. The van der Waals surface area contributed by atoms with Gasteiger partial charge >= 0.3 is 5.97 Å². The summed E-state index contributed by atoms with van der Waals surface area (Å²) in [4.78, 5) is 29.5. The van der Waals surface area contributed by atoms with Crippen molar-refractivity contribution >= 4 is 51.8 Å². The smallest absolute Gasteiger partial charge is 0.345 e. The van der Waals surface area contributed by atoms with Crippen molar-refractivity contribution in [3.05, 3.63) is 90.8 Å². The molecule has 2 aliphatic rings. The van der Waals surface area contributed by atoms with E-state index in [9.17, 15) is 14.7 Å². The third-order valence-electron chi connectivity index (χ3n) is 6.44. The molecule has 3 aromatic heterocycles. The molecule has 0 unspecified atom stereocenters. The normalized spacial score (nSPS) is 16.7. The van der Waals surface area contributed by atoms with Gasteiger partial charge in [-0.25, -0.2) is 9.48 Å². The summed E-state index contributed by atoms with van der Waals surface area (Å²) in [6, 6.07) is 10.5. The van der Waals surface area contributed by atoms with Crippen molar-refractivity contribution in [2.45, 2.75) is 25.3 Å². The topological polar surface area (TPSA) is 102 Å². The minimum Gasteiger partial charge on any atom is -0.477 e. The molecule has 0 saturated carbocycles. The van der Waals surface area contributed by atoms with Gasteiger partial charge in [-0.05, 0) is 65.3 Å². The zero-order valence-corrected chi connectivity index (χ0v) is 20.9. The molecule has 11 heteroatoms. The number of aromatic nitrogens is 4. The van der Waals surface area contributed by atoms with Gasteiger partial charge in [0, 0.05) is 40.7 Å². The van der Waals surface area contributed by atoms with Crippen molar-refractivity contribution in [2.24, 2.45) is 4.99 Å². The number of allylic oxidation sites excluding steroid dienone is 1. The summed E-state index contributed by atoms with van der Waals surface area (Å²) in [6.07, 6.45) is 5.46. The highest BCUT2D eigenvalue weighted by molar-refractivity contribution is 7.12. The summed E-state index contributed by atoms with van der Waals surface area (Å²) < 4.78 is 3.37. The molecular weight excluding hydrogens is 521 g/mol. The lowest BCUT2D eigenvalue weighted by Crippen LogP contribution is -2.27. The molecule has 2 aliphatic heterocycles. The van der Waals surface area contributed by atoms with Crippen LogP contribution in [0.5, 0.6) is 0 Å². The molecule has 0 radical (unpaired) electrons. The number of rotatable bonds is 5. The Bertz CT molecular complexity index is 1670. The van der Waals surface area contributed by atoms with Gasteiger partial charge in [-0.2, -0.15) is 0 Å². The van der Waals surface area contributed by atoms with Crippen molar-refractivity contribution in [3.63, 3.8) is 0 Å². The van der Waals surface area contributed by atoms with Gasteiger partial charge in [0.2, 0.25) is 0 Å². The Hall–Kier alpha value is -3.53. The van der Waals surface area contributed by atoms with E-state index in [-0.39, 0.29) is 16.8 Å². The van der Waals surface area contributed by atoms with E-state index in [1.54, 1.807) is 41.3 Å². The number of thiophene rings is 1. The molecule has 1 atom stereocenters. The number of carbonyl (C=O) groups is 1. The number of aryl methyl sites for hydroxylation is 1. The summed E-state index contributed by atoms with van der Waals surface area (Å²) in [5.41, 5.74) is 5.73. The second-order valence-electron chi connectivity index (χ2n) is 8.60. The molecule has 180 valence electrons. The molecule has 0 saturated heterocycles. The SMILES string of the molecule is O=C(O)c1cc(C2=CN=C([C@@H]3CCc4cc(-c5cc(Cl)ccc5-n5cc(Cl)nn5)cc(=O)n43)C2)cs1. The van der Waals surface area contributed by atoms with Crippen molar-refractivity contribution in [1.82, 2.24) is 19.6 Å². The molecule has 1 aromatic carbocycles. The Balaban J connectivity index is 1.31. The summed E-state index contributed by atoms with van der Waals surface area (Å²) in [6.45, 7) is 0. The number of fused-ring (bicyclic) bond motifs is 1. The highest BCUT2D eigenvalue weighted by atomic mass is 35.5. The Kier molecular flexibility index (Phi) is 5.63. The van der Waals surface area contributed by atoms with Crippen LogP contribution in [0.15, 0.2) is 64.0 Å². The summed E-state index contributed by atoms with van der Waals surface area (Å²) in [5, 5.41) is 19.8. The largest absolute Gasteiger partial charge is 0.477 e. The molecule has 1 N–H and O–H groups in total. The van der Waals surface area contributed by atoms with Crippen LogP contribution in [0.3, 0.4) is 0 Å². The summed E-state index contributed by atoms with van der Waals surface area (Å²) in [5.74, 6) is -0.937. The first-order valence-electron chi connectivity index (χ1n) is 11.1. The van der Waals surface area contributed by atoms with Crippen LogP contribution in [0.4, 0.5) is 0 Å². The van der Waals surface area contributed by atoms with Crippen LogP contribution in [-0.2, 0) is 6.42 Å². The van der Waals surface area contributed by atoms with Crippen LogP contribution in [0, 0.1) is 0 Å². The van der Waals surface area contributed by atoms with Crippen LogP contribution in [0.1, 0.15) is 39.8 Å². The van der Waals surface area contributed by atoms with E-state index in [1.807, 2.05) is 22.1 Å². The number of benzene rings is 1. The molecule has 4 aromatic rings. The molecule has 0 spiro atoms. The van der Waals surface area contributed by atoms with Crippen molar-refractivity contribution in [1.29, 1.82) is 0 Å². The number of halogens is 2. The first kappa shape index (κ1) is 22.9. The number of nitrogens with zero attached hydrogens (tertiary/aromatic N) is 5. The molecule has 36 heavy (non-hydrogen) atoms. The Morgan fingerprint density at radius 3 is 2.75 bits per heavy atom. The van der Waals surface area contributed by atoms with Gasteiger partial charge in [-0.15, -0.1) is 16.4 Å². The zero-order chi connectivity index (χ0) is 25.0. The lowest BCUT2D eigenvalue weighted by Gasteiger charge is -2.17. The predicted molar refractivity (Wildman–Crippen MR) is 140 cm³/mol. The van der Waals surface area contributed by atoms with Crippen LogP contribution in [-0.4, -0.2) is 36.3 Å². The quantitative estimate of drug-likeness (QED) is 0.360.